The van der Waals surface area contributed by atoms with E-state index in [9.17, 15) is 14.4 Å². The van der Waals surface area contributed by atoms with Crippen molar-refractivity contribution >= 4 is 18.2 Å². The Bertz CT molecular complexity index is 665. The van der Waals surface area contributed by atoms with Crippen LogP contribution in [0.15, 0.2) is 24.3 Å². The molecule has 2 rings (SSSR count). The number of benzene rings is 1. The van der Waals surface area contributed by atoms with Crippen LogP contribution in [0.5, 0.6) is 0 Å². The monoisotopic (exact) mass is 364 g/mol. The Morgan fingerprint density at radius 2 is 1.92 bits per heavy atom. The van der Waals surface area contributed by atoms with Gasteiger partial charge in [0.2, 0.25) is 0 Å². The maximum Gasteiger partial charge on any atom is 0.410 e. The molecule has 1 unspecified atom stereocenters. The number of methoxy groups -OCH3 is 1. The van der Waals surface area contributed by atoms with Crippen LogP contribution in [0.1, 0.15) is 36.7 Å². The van der Waals surface area contributed by atoms with Gasteiger partial charge in [-0.25, -0.2) is 14.4 Å². The lowest BCUT2D eigenvalue weighted by atomic mass is 10.1. The van der Waals surface area contributed by atoms with Crippen molar-refractivity contribution < 1.29 is 28.6 Å². The summed E-state index contributed by atoms with van der Waals surface area (Å²) in [5.74, 6) is -0.412. The first-order valence-electron chi connectivity index (χ1n) is 8.27. The maximum atomic E-state index is 12.0. The van der Waals surface area contributed by atoms with Gasteiger partial charge < -0.3 is 24.4 Å². The third-order valence-corrected chi connectivity index (χ3v) is 3.57. The second-order valence-electron chi connectivity index (χ2n) is 6.96. The molecule has 0 aromatic heterocycles. The van der Waals surface area contributed by atoms with Crippen molar-refractivity contribution in [2.24, 2.45) is 0 Å². The first kappa shape index (κ1) is 19.6. The lowest BCUT2D eigenvalue weighted by Crippen LogP contribution is -2.38. The summed E-state index contributed by atoms with van der Waals surface area (Å²) in [4.78, 5) is 36.6. The zero-order valence-corrected chi connectivity index (χ0v) is 15.4. The van der Waals surface area contributed by atoms with Crippen LogP contribution in [0.3, 0.4) is 0 Å². The average molecular weight is 364 g/mol. The maximum absolute atomic E-state index is 12.0. The van der Waals surface area contributed by atoms with Gasteiger partial charge in [0, 0.05) is 6.54 Å². The second-order valence-corrected chi connectivity index (χ2v) is 6.96. The third kappa shape index (κ3) is 5.65. The van der Waals surface area contributed by atoms with E-state index in [1.165, 1.54) is 12.0 Å². The van der Waals surface area contributed by atoms with Gasteiger partial charge in [0.15, 0.2) is 0 Å². The number of cyclic esters (lactones) is 1. The van der Waals surface area contributed by atoms with Gasteiger partial charge >= 0.3 is 18.2 Å². The largest absolute Gasteiger partial charge is 0.465 e. The molecule has 0 saturated carbocycles. The van der Waals surface area contributed by atoms with Crippen LogP contribution in [0.4, 0.5) is 9.59 Å². The molecule has 0 spiro atoms. The molecule has 1 aromatic rings. The summed E-state index contributed by atoms with van der Waals surface area (Å²) >= 11 is 0. The summed E-state index contributed by atoms with van der Waals surface area (Å²) in [5.41, 5.74) is 0.716. The van der Waals surface area contributed by atoms with E-state index < -0.39 is 29.9 Å². The van der Waals surface area contributed by atoms with Crippen LogP contribution in [0.25, 0.3) is 0 Å². The van der Waals surface area contributed by atoms with Crippen molar-refractivity contribution in [3.63, 3.8) is 0 Å². The van der Waals surface area contributed by atoms with E-state index in [0.29, 0.717) is 18.7 Å². The van der Waals surface area contributed by atoms with Gasteiger partial charge in [-0.05, 0) is 38.5 Å². The van der Waals surface area contributed by atoms with Gasteiger partial charge in [-0.3, -0.25) is 0 Å². The number of hydrogen-bond donors (Lipinski definition) is 1. The number of carbonyl (C=O) groups excluding carboxylic acids is 3. The van der Waals surface area contributed by atoms with Gasteiger partial charge in [0.05, 0.1) is 25.8 Å². The Hall–Kier alpha value is -2.77. The zero-order chi connectivity index (χ0) is 19.3. The van der Waals surface area contributed by atoms with Crippen molar-refractivity contribution in [2.75, 3.05) is 20.2 Å². The van der Waals surface area contributed by atoms with Crippen molar-refractivity contribution in [3.05, 3.63) is 35.4 Å². The summed E-state index contributed by atoms with van der Waals surface area (Å²) in [6, 6.07) is 6.80. The summed E-state index contributed by atoms with van der Waals surface area (Å²) in [7, 11) is 1.32. The standard InChI is InChI=1S/C18H24N2O6/c1-18(2,3)26-16(22)19-9-14-11-20(17(23)25-14)10-12-5-7-13(8-6-12)15(21)24-4/h5-8,14H,9-11H2,1-4H3,(H,19,22). The summed E-state index contributed by atoms with van der Waals surface area (Å²) in [6.07, 6.45) is -1.44. The first-order chi connectivity index (χ1) is 12.2. The predicted octanol–water partition coefficient (Wildman–Crippen LogP) is 2.32. The van der Waals surface area contributed by atoms with Gasteiger partial charge in [-0.15, -0.1) is 0 Å². The van der Waals surface area contributed by atoms with Crippen molar-refractivity contribution in [3.8, 4) is 0 Å². The first-order valence-corrected chi connectivity index (χ1v) is 8.27. The lowest BCUT2D eigenvalue weighted by molar-refractivity contribution is 0.0496. The van der Waals surface area contributed by atoms with Crippen molar-refractivity contribution in [1.29, 1.82) is 0 Å². The fourth-order valence-electron chi connectivity index (χ4n) is 2.41. The number of nitrogens with zero attached hydrogens (tertiary/aromatic N) is 1. The van der Waals surface area contributed by atoms with Crippen LogP contribution >= 0.6 is 0 Å². The number of amides is 2. The molecule has 8 nitrogen and oxygen atoms in total. The smallest absolute Gasteiger partial charge is 0.410 e. The molecule has 1 saturated heterocycles. The SMILES string of the molecule is COC(=O)c1ccc(CN2CC(CNC(=O)OC(C)(C)C)OC2=O)cc1. The molecule has 0 bridgehead atoms. The number of carbonyl (C=O) groups is 3. The van der Waals surface area contributed by atoms with Crippen LogP contribution in [0.2, 0.25) is 0 Å². The van der Waals surface area contributed by atoms with E-state index in [4.69, 9.17) is 9.47 Å². The van der Waals surface area contributed by atoms with Gasteiger partial charge in [-0.2, -0.15) is 0 Å². The normalized spacial score (nSPS) is 16.8. The molecule has 142 valence electrons. The van der Waals surface area contributed by atoms with Crippen LogP contribution in [0, 0.1) is 0 Å². The number of alkyl carbamates (subject to hydrolysis) is 1. The van der Waals surface area contributed by atoms with Gasteiger partial charge in [-0.1, -0.05) is 12.1 Å². The summed E-state index contributed by atoms with van der Waals surface area (Å²) in [5, 5.41) is 2.60. The highest BCUT2D eigenvalue weighted by Crippen LogP contribution is 2.16. The van der Waals surface area contributed by atoms with E-state index >= 15 is 0 Å². The summed E-state index contributed by atoms with van der Waals surface area (Å²) < 4.78 is 15.0. The molecule has 1 N–H and O–H groups in total. The van der Waals surface area contributed by atoms with E-state index in [1.54, 1.807) is 45.0 Å². The molecular weight excluding hydrogens is 340 g/mol. The number of rotatable bonds is 5. The predicted molar refractivity (Wildman–Crippen MR) is 92.7 cm³/mol. The minimum Gasteiger partial charge on any atom is -0.465 e. The number of hydrogen-bond acceptors (Lipinski definition) is 6. The highest BCUT2D eigenvalue weighted by Gasteiger charge is 2.31. The topological polar surface area (TPSA) is 94.2 Å². The summed E-state index contributed by atoms with van der Waals surface area (Å²) in [6.45, 7) is 6.20. The molecule has 1 aromatic carbocycles. The minimum atomic E-state index is -0.584. The number of esters is 1. The fourth-order valence-corrected chi connectivity index (χ4v) is 2.41. The number of ether oxygens (including phenoxy) is 3. The van der Waals surface area contributed by atoms with Crippen LogP contribution in [-0.4, -0.2) is 55.0 Å². The van der Waals surface area contributed by atoms with Crippen LogP contribution in [-0.2, 0) is 20.8 Å². The second kappa shape index (κ2) is 8.07. The lowest BCUT2D eigenvalue weighted by Gasteiger charge is -2.20. The zero-order valence-electron chi connectivity index (χ0n) is 15.4. The highest BCUT2D eigenvalue weighted by molar-refractivity contribution is 5.89. The molecule has 1 heterocycles. The fraction of sp³-hybridized carbons (Fsp3) is 0.500. The van der Waals surface area contributed by atoms with Crippen molar-refractivity contribution in [2.45, 2.75) is 39.0 Å². The molecule has 26 heavy (non-hydrogen) atoms. The van der Waals surface area contributed by atoms with Gasteiger partial charge in [0.25, 0.3) is 0 Å². The molecule has 1 aliphatic heterocycles. The molecule has 1 aliphatic rings. The Balaban J connectivity index is 1.84. The van der Waals surface area contributed by atoms with E-state index in [0.717, 1.165) is 5.56 Å². The van der Waals surface area contributed by atoms with Crippen molar-refractivity contribution in [1.82, 2.24) is 10.2 Å². The minimum absolute atomic E-state index is 0.179. The van der Waals surface area contributed by atoms with E-state index in [2.05, 4.69) is 10.1 Å². The number of nitrogens with one attached hydrogen (secondary N) is 1. The van der Waals surface area contributed by atoms with Gasteiger partial charge in [0.1, 0.15) is 11.7 Å². The Morgan fingerprint density at radius 3 is 2.50 bits per heavy atom. The van der Waals surface area contributed by atoms with E-state index in [1.807, 2.05) is 0 Å². The Kier molecular flexibility index (Phi) is 6.07. The Morgan fingerprint density at radius 1 is 1.27 bits per heavy atom. The average Bonchev–Trinajstić information content (AvgIpc) is 2.91. The Labute approximate surface area is 152 Å². The third-order valence-electron chi connectivity index (χ3n) is 3.57. The van der Waals surface area contributed by atoms with Crippen LogP contribution < -0.4 is 5.32 Å². The molecule has 1 fully saturated rings. The van der Waals surface area contributed by atoms with E-state index in [-0.39, 0.29) is 6.54 Å². The molecule has 0 aliphatic carbocycles. The molecule has 2 amide bonds. The molecule has 0 radical (unpaired) electrons. The molecule has 8 heteroatoms. The quantitative estimate of drug-likeness (QED) is 0.636. The molecule has 1 atom stereocenters. The molecular formula is C18H24N2O6. The highest BCUT2D eigenvalue weighted by atomic mass is 16.6.